The highest BCUT2D eigenvalue weighted by Gasteiger charge is 2.32. The zero-order valence-corrected chi connectivity index (χ0v) is 10.8. The van der Waals surface area contributed by atoms with Crippen molar-refractivity contribution in [3.63, 3.8) is 0 Å². The number of carbonyl (C=O) groups is 1. The molecule has 1 unspecified atom stereocenters. The summed E-state index contributed by atoms with van der Waals surface area (Å²) in [4.78, 5) is 12.6. The normalized spacial score (nSPS) is 25.5. The van der Waals surface area contributed by atoms with Crippen molar-refractivity contribution in [2.24, 2.45) is 0 Å². The fourth-order valence-electron chi connectivity index (χ4n) is 1.55. The van der Waals surface area contributed by atoms with Gasteiger partial charge in [-0.25, -0.2) is 0 Å². The predicted molar refractivity (Wildman–Crippen MR) is 63.3 cm³/mol. The number of amides is 1. The summed E-state index contributed by atoms with van der Waals surface area (Å²) in [5.74, 6) is -0.0233. The van der Waals surface area contributed by atoms with Crippen LogP contribution in [0.1, 0.15) is 23.0 Å². The van der Waals surface area contributed by atoms with Gasteiger partial charge in [-0.15, -0.1) is 11.3 Å². The van der Waals surface area contributed by atoms with Crippen molar-refractivity contribution >= 4 is 33.2 Å². The summed E-state index contributed by atoms with van der Waals surface area (Å²) in [7, 11) is 0. The Morgan fingerprint density at radius 2 is 2.53 bits per heavy atom. The Labute approximate surface area is 101 Å². The van der Waals surface area contributed by atoms with Crippen LogP contribution in [0, 0.1) is 0 Å². The lowest BCUT2D eigenvalue weighted by atomic mass is 10.0. The minimum Gasteiger partial charge on any atom is -0.379 e. The second-order valence-corrected chi connectivity index (χ2v) is 5.69. The number of carbonyl (C=O) groups excluding carboxylic acids is 1. The monoisotopic (exact) mass is 289 g/mol. The Kier molecular flexibility index (Phi) is 3.13. The maximum absolute atomic E-state index is 11.9. The molecule has 15 heavy (non-hydrogen) atoms. The SMILES string of the molecule is CC1(NC(=O)c2sccc2Br)CCOC1. The first-order valence-corrected chi connectivity index (χ1v) is 6.41. The van der Waals surface area contributed by atoms with E-state index in [9.17, 15) is 4.79 Å². The quantitative estimate of drug-likeness (QED) is 0.908. The lowest BCUT2D eigenvalue weighted by molar-refractivity contribution is 0.0893. The first kappa shape index (κ1) is 11.1. The summed E-state index contributed by atoms with van der Waals surface area (Å²) in [5.41, 5.74) is -0.208. The number of rotatable bonds is 2. The standard InChI is InChI=1S/C10H12BrNO2S/c1-10(3-4-14-6-10)12-9(13)8-7(11)2-5-15-8/h2,5H,3-4,6H2,1H3,(H,12,13). The predicted octanol–water partition coefficient (Wildman–Crippen LogP) is 2.42. The van der Waals surface area contributed by atoms with E-state index in [1.807, 2.05) is 18.4 Å². The van der Waals surface area contributed by atoms with Crippen molar-refractivity contribution < 1.29 is 9.53 Å². The van der Waals surface area contributed by atoms with Crippen LogP contribution in [0.15, 0.2) is 15.9 Å². The second-order valence-electron chi connectivity index (χ2n) is 3.92. The molecule has 2 heterocycles. The molecule has 5 heteroatoms. The van der Waals surface area contributed by atoms with Gasteiger partial charge in [-0.05, 0) is 40.7 Å². The number of hydrogen-bond donors (Lipinski definition) is 1. The molecule has 3 nitrogen and oxygen atoms in total. The van der Waals surface area contributed by atoms with Gasteiger partial charge in [-0.2, -0.15) is 0 Å². The van der Waals surface area contributed by atoms with Crippen molar-refractivity contribution in [2.45, 2.75) is 18.9 Å². The van der Waals surface area contributed by atoms with Gasteiger partial charge in [0.15, 0.2) is 0 Å². The van der Waals surface area contributed by atoms with E-state index in [1.54, 1.807) is 0 Å². The third-order valence-electron chi connectivity index (χ3n) is 2.46. The molecule has 1 aromatic rings. The van der Waals surface area contributed by atoms with Crippen molar-refractivity contribution in [1.82, 2.24) is 5.32 Å². The van der Waals surface area contributed by atoms with Crippen molar-refractivity contribution in [3.05, 3.63) is 20.8 Å². The third kappa shape index (κ3) is 2.41. The molecule has 0 aliphatic carbocycles. The van der Waals surface area contributed by atoms with Crippen molar-refractivity contribution in [3.8, 4) is 0 Å². The highest BCUT2D eigenvalue weighted by atomic mass is 79.9. The van der Waals surface area contributed by atoms with Crippen LogP contribution in [0.3, 0.4) is 0 Å². The van der Waals surface area contributed by atoms with Gasteiger partial charge in [-0.1, -0.05) is 0 Å². The van der Waals surface area contributed by atoms with E-state index in [0.29, 0.717) is 6.61 Å². The highest BCUT2D eigenvalue weighted by molar-refractivity contribution is 9.10. The zero-order chi connectivity index (χ0) is 10.9. The molecule has 0 bridgehead atoms. The molecule has 2 rings (SSSR count). The molecule has 1 amide bonds. The fraction of sp³-hybridized carbons (Fsp3) is 0.500. The maximum Gasteiger partial charge on any atom is 0.263 e. The van der Waals surface area contributed by atoms with E-state index in [0.717, 1.165) is 22.4 Å². The van der Waals surface area contributed by atoms with E-state index in [1.165, 1.54) is 11.3 Å². The average Bonchev–Trinajstić information content (AvgIpc) is 2.74. The van der Waals surface area contributed by atoms with Gasteiger partial charge in [0.05, 0.1) is 12.1 Å². The molecule has 1 saturated heterocycles. The van der Waals surface area contributed by atoms with E-state index in [2.05, 4.69) is 21.2 Å². The Balaban J connectivity index is 2.07. The van der Waals surface area contributed by atoms with Gasteiger partial charge in [0.2, 0.25) is 0 Å². The smallest absolute Gasteiger partial charge is 0.263 e. The molecule has 1 aliphatic rings. The van der Waals surface area contributed by atoms with Crippen LogP contribution in [-0.2, 0) is 4.74 Å². The van der Waals surface area contributed by atoms with E-state index >= 15 is 0 Å². The van der Waals surface area contributed by atoms with E-state index in [4.69, 9.17) is 4.74 Å². The Morgan fingerprint density at radius 1 is 1.73 bits per heavy atom. The summed E-state index contributed by atoms with van der Waals surface area (Å²) in [5, 5.41) is 4.91. The molecular formula is C10H12BrNO2S. The van der Waals surface area contributed by atoms with Crippen LogP contribution in [0.25, 0.3) is 0 Å². The molecule has 1 aromatic heterocycles. The molecule has 0 radical (unpaired) electrons. The van der Waals surface area contributed by atoms with Gasteiger partial charge < -0.3 is 10.1 Å². The average molecular weight is 290 g/mol. The maximum atomic E-state index is 11.9. The summed E-state index contributed by atoms with van der Waals surface area (Å²) in [6.07, 6.45) is 0.877. The van der Waals surface area contributed by atoms with Crippen LogP contribution >= 0.6 is 27.3 Å². The van der Waals surface area contributed by atoms with Gasteiger partial charge in [0.25, 0.3) is 5.91 Å². The summed E-state index contributed by atoms with van der Waals surface area (Å²) in [6.45, 7) is 3.34. The number of halogens is 1. The number of nitrogens with one attached hydrogen (secondary N) is 1. The van der Waals surface area contributed by atoms with Gasteiger partial charge in [0, 0.05) is 11.1 Å². The molecule has 82 valence electrons. The molecule has 1 N–H and O–H groups in total. The van der Waals surface area contributed by atoms with Crippen LogP contribution in [0.2, 0.25) is 0 Å². The second kappa shape index (κ2) is 4.23. The zero-order valence-electron chi connectivity index (χ0n) is 8.38. The molecule has 1 aliphatic heterocycles. The molecule has 1 atom stereocenters. The van der Waals surface area contributed by atoms with E-state index < -0.39 is 0 Å². The van der Waals surface area contributed by atoms with Crippen LogP contribution in [-0.4, -0.2) is 24.7 Å². The minimum atomic E-state index is -0.208. The number of ether oxygens (including phenoxy) is 1. The van der Waals surface area contributed by atoms with Crippen LogP contribution in [0.5, 0.6) is 0 Å². The Morgan fingerprint density at radius 3 is 3.07 bits per heavy atom. The molecule has 0 spiro atoms. The molecular weight excluding hydrogens is 278 g/mol. The number of hydrogen-bond acceptors (Lipinski definition) is 3. The Hall–Kier alpha value is -0.390. The summed E-state index contributed by atoms with van der Waals surface area (Å²) >= 11 is 4.79. The third-order valence-corrected chi connectivity index (χ3v) is 4.29. The molecule has 1 fully saturated rings. The lowest BCUT2D eigenvalue weighted by Gasteiger charge is -2.23. The van der Waals surface area contributed by atoms with Gasteiger partial charge in [-0.3, -0.25) is 4.79 Å². The number of thiophene rings is 1. The topological polar surface area (TPSA) is 38.3 Å². The summed E-state index contributed by atoms with van der Waals surface area (Å²) < 4.78 is 6.14. The van der Waals surface area contributed by atoms with Gasteiger partial charge in [0.1, 0.15) is 4.88 Å². The molecule has 0 saturated carbocycles. The van der Waals surface area contributed by atoms with Crippen LogP contribution < -0.4 is 5.32 Å². The minimum absolute atomic E-state index is 0.0233. The first-order chi connectivity index (χ1) is 7.11. The van der Waals surface area contributed by atoms with Crippen molar-refractivity contribution in [1.29, 1.82) is 0 Å². The van der Waals surface area contributed by atoms with Crippen LogP contribution in [0.4, 0.5) is 0 Å². The first-order valence-electron chi connectivity index (χ1n) is 4.74. The largest absolute Gasteiger partial charge is 0.379 e. The Bertz CT molecular complexity index is 371. The van der Waals surface area contributed by atoms with Gasteiger partial charge >= 0.3 is 0 Å². The summed E-state index contributed by atoms with van der Waals surface area (Å²) in [6, 6.07) is 1.88. The fourth-order valence-corrected chi connectivity index (χ4v) is 3.00. The highest BCUT2D eigenvalue weighted by Crippen LogP contribution is 2.24. The van der Waals surface area contributed by atoms with E-state index in [-0.39, 0.29) is 11.4 Å². The van der Waals surface area contributed by atoms with Crippen molar-refractivity contribution in [2.75, 3.05) is 13.2 Å². The lowest BCUT2D eigenvalue weighted by Crippen LogP contribution is -2.46. The molecule has 0 aromatic carbocycles.